The van der Waals surface area contributed by atoms with Crippen LogP contribution in [0.4, 0.5) is 5.69 Å². The lowest BCUT2D eigenvalue weighted by molar-refractivity contribution is 0.274. The quantitative estimate of drug-likeness (QED) is 0.900. The topological polar surface area (TPSA) is 15.3 Å². The minimum Gasteiger partial charge on any atom is -0.368 e. The molecule has 1 aromatic carbocycles. The van der Waals surface area contributed by atoms with Crippen LogP contribution in [0.25, 0.3) is 0 Å². The van der Waals surface area contributed by atoms with Gasteiger partial charge >= 0.3 is 0 Å². The second-order valence-corrected chi connectivity index (χ2v) is 5.66. The minimum absolute atomic E-state index is 0.543. The number of anilines is 1. The van der Waals surface area contributed by atoms with Gasteiger partial charge in [0.1, 0.15) is 0 Å². The number of nitrogens with zero attached hydrogens (tertiary/aromatic N) is 1. The van der Waals surface area contributed by atoms with E-state index in [0.29, 0.717) is 18.0 Å². The molecule has 2 rings (SSSR count). The molecule has 1 N–H and O–H groups in total. The van der Waals surface area contributed by atoms with Gasteiger partial charge in [0.2, 0.25) is 0 Å². The lowest BCUT2D eigenvalue weighted by Crippen LogP contribution is -2.53. The Bertz CT molecular complexity index is 394. The first-order valence-electron chi connectivity index (χ1n) is 6.89. The normalized spacial score (nSPS) is 28.4. The van der Waals surface area contributed by atoms with Gasteiger partial charge < -0.3 is 10.2 Å². The summed E-state index contributed by atoms with van der Waals surface area (Å²) in [5, 5.41) is 4.42. The zero-order chi connectivity index (χ0) is 13.1. The first kappa shape index (κ1) is 13.7. The highest BCUT2D eigenvalue weighted by molar-refractivity contribution is 6.30. The van der Waals surface area contributed by atoms with Gasteiger partial charge in [-0.05, 0) is 44.0 Å². The molecule has 0 aliphatic carbocycles. The molecule has 1 aromatic rings. The maximum atomic E-state index is 6.09. The third kappa shape index (κ3) is 2.81. The average molecular weight is 267 g/mol. The predicted octanol–water partition coefficient (Wildman–Crippen LogP) is 3.55. The van der Waals surface area contributed by atoms with Crippen molar-refractivity contribution < 1.29 is 0 Å². The molecule has 3 heteroatoms. The maximum Gasteiger partial charge on any atom is 0.0426 e. The Balaban J connectivity index is 2.12. The molecule has 3 atom stereocenters. The van der Waals surface area contributed by atoms with Crippen molar-refractivity contribution in [3.63, 3.8) is 0 Å². The van der Waals surface area contributed by atoms with E-state index < -0.39 is 0 Å². The molecular formula is C15H23ClN2. The summed E-state index contributed by atoms with van der Waals surface area (Å²) in [4.78, 5) is 2.48. The molecular weight excluding hydrogens is 244 g/mol. The fourth-order valence-electron chi connectivity index (χ4n) is 2.93. The highest BCUT2D eigenvalue weighted by Gasteiger charge is 2.31. The fourth-order valence-corrected chi connectivity index (χ4v) is 3.12. The second kappa shape index (κ2) is 5.94. The SMILES string of the molecule is CCNC1CCN(c2cccc(Cl)c2)C(C)C1C. The van der Waals surface area contributed by atoms with Crippen molar-refractivity contribution >= 4 is 17.3 Å². The first-order chi connectivity index (χ1) is 8.63. The molecule has 100 valence electrons. The third-order valence-corrected chi connectivity index (χ3v) is 4.41. The Kier molecular flexibility index (Phi) is 4.52. The fraction of sp³-hybridized carbons (Fsp3) is 0.600. The molecule has 0 amide bonds. The maximum absolute atomic E-state index is 6.09. The van der Waals surface area contributed by atoms with Crippen molar-refractivity contribution in [2.24, 2.45) is 5.92 Å². The molecule has 1 aliphatic rings. The molecule has 0 spiro atoms. The predicted molar refractivity (Wildman–Crippen MR) is 79.5 cm³/mol. The van der Waals surface area contributed by atoms with Crippen molar-refractivity contribution in [2.45, 2.75) is 39.3 Å². The van der Waals surface area contributed by atoms with Crippen LogP contribution in [0.3, 0.4) is 0 Å². The van der Waals surface area contributed by atoms with Crippen molar-refractivity contribution in [1.29, 1.82) is 0 Å². The van der Waals surface area contributed by atoms with Gasteiger partial charge in [0.05, 0.1) is 0 Å². The number of benzene rings is 1. The van der Waals surface area contributed by atoms with Crippen LogP contribution in [0.2, 0.25) is 5.02 Å². The summed E-state index contributed by atoms with van der Waals surface area (Å²) in [6.45, 7) is 8.99. The molecule has 0 saturated carbocycles. The highest BCUT2D eigenvalue weighted by Crippen LogP contribution is 2.30. The Morgan fingerprint density at radius 3 is 2.83 bits per heavy atom. The summed E-state index contributed by atoms with van der Waals surface area (Å²) in [6.07, 6.45) is 1.20. The molecule has 18 heavy (non-hydrogen) atoms. The van der Waals surface area contributed by atoms with Crippen LogP contribution in [-0.4, -0.2) is 25.2 Å². The van der Waals surface area contributed by atoms with Gasteiger partial charge in [-0.15, -0.1) is 0 Å². The van der Waals surface area contributed by atoms with E-state index in [0.717, 1.165) is 18.1 Å². The van der Waals surface area contributed by atoms with Crippen LogP contribution in [0.15, 0.2) is 24.3 Å². The lowest BCUT2D eigenvalue weighted by atomic mass is 9.86. The van der Waals surface area contributed by atoms with Crippen molar-refractivity contribution in [2.75, 3.05) is 18.0 Å². The summed E-state index contributed by atoms with van der Waals surface area (Å²) in [5.41, 5.74) is 1.25. The molecule has 1 saturated heterocycles. The van der Waals surface area contributed by atoms with E-state index in [4.69, 9.17) is 11.6 Å². The van der Waals surface area contributed by atoms with Crippen LogP contribution in [0.1, 0.15) is 27.2 Å². The molecule has 2 nitrogen and oxygen atoms in total. The number of hydrogen-bond acceptors (Lipinski definition) is 2. The van der Waals surface area contributed by atoms with Gasteiger partial charge in [0, 0.05) is 29.3 Å². The summed E-state index contributed by atoms with van der Waals surface area (Å²) < 4.78 is 0. The van der Waals surface area contributed by atoms with E-state index in [-0.39, 0.29) is 0 Å². The molecule has 0 bridgehead atoms. The Hall–Kier alpha value is -0.730. The van der Waals surface area contributed by atoms with Gasteiger partial charge in [-0.1, -0.05) is 31.5 Å². The van der Waals surface area contributed by atoms with Gasteiger partial charge in [-0.25, -0.2) is 0 Å². The highest BCUT2D eigenvalue weighted by atomic mass is 35.5. The summed E-state index contributed by atoms with van der Waals surface area (Å²) in [5.74, 6) is 0.651. The number of rotatable bonds is 3. The van der Waals surface area contributed by atoms with E-state index in [1.54, 1.807) is 0 Å². The largest absolute Gasteiger partial charge is 0.368 e. The monoisotopic (exact) mass is 266 g/mol. The molecule has 1 heterocycles. The number of piperidine rings is 1. The van der Waals surface area contributed by atoms with Crippen LogP contribution in [0, 0.1) is 5.92 Å². The van der Waals surface area contributed by atoms with Crippen LogP contribution in [-0.2, 0) is 0 Å². The van der Waals surface area contributed by atoms with Gasteiger partial charge in [0.25, 0.3) is 0 Å². The summed E-state index contributed by atoms with van der Waals surface area (Å²) >= 11 is 6.09. The van der Waals surface area contributed by atoms with Crippen LogP contribution >= 0.6 is 11.6 Å². The van der Waals surface area contributed by atoms with Crippen molar-refractivity contribution in [3.8, 4) is 0 Å². The first-order valence-corrected chi connectivity index (χ1v) is 7.27. The zero-order valence-corrected chi connectivity index (χ0v) is 12.2. The summed E-state index contributed by atoms with van der Waals surface area (Å²) in [7, 11) is 0. The Morgan fingerprint density at radius 2 is 2.17 bits per heavy atom. The van der Waals surface area contributed by atoms with E-state index >= 15 is 0 Å². The molecule has 1 aliphatic heterocycles. The average Bonchev–Trinajstić information content (AvgIpc) is 2.35. The third-order valence-electron chi connectivity index (χ3n) is 4.17. The van der Waals surface area contributed by atoms with Crippen LogP contribution in [0.5, 0.6) is 0 Å². The van der Waals surface area contributed by atoms with E-state index in [1.807, 2.05) is 12.1 Å². The van der Waals surface area contributed by atoms with Gasteiger partial charge in [-0.2, -0.15) is 0 Å². The molecule has 3 unspecified atom stereocenters. The van der Waals surface area contributed by atoms with Gasteiger partial charge in [0.15, 0.2) is 0 Å². The van der Waals surface area contributed by atoms with E-state index in [9.17, 15) is 0 Å². The zero-order valence-electron chi connectivity index (χ0n) is 11.5. The van der Waals surface area contributed by atoms with Crippen LogP contribution < -0.4 is 10.2 Å². The molecule has 1 fully saturated rings. The smallest absolute Gasteiger partial charge is 0.0426 e. The number of hydrogen-bond donors (Lipinski definition) is 1. The lowest BCUT2D eigenvalue weighted by Gasteiger charge is -2.44. The van der Waals surface area contributed by atoms with E-state index in [1.165, 1.54) is 12.1 Å². The number of halogens is 1. The van der Waals surface area contributed by atoms with E-state index in [2.05, 4.69) is 43.1 Å². The van der Waals surface area contributed by atoms with Crippen molar-refractivity contribution in [3.05, 3.63) is 29.3 Å². The Morgan fingerprint density at radius 1 is 1.39 bits per heavy atom. The minimum atomic E-state index is 0.543. The summed E-state index contributed by atoms with van der Waals surface area (Å²) in [6, 6.07) is 9.37. The Labute approximate surface area is 115 Å². The van der Waals surface area contributed by atoms with Gasteiger partial charge in [-0.3, -0.25) is 0 Å². The molecule has 0 aromatic heterocycles. The van der Waals surface area contributed by atoms with Crippen molar-refractivity contribution in [1.82, 2.24) is 5.32 Å². The molecule has 0 radical (unpaired) electrons. The second-order valence-electron chi connectivity index (χ2n) is 5.23. The number of nitrogens with one attached hydrogen (secondary N) is 1. The standard InChI is InChI=1S/C15H23ClN2/c1-4-17-15-8-9-18(12(3)11(15)2)14-7-5-6-13(16)10-14/h5-7,10-12,15,17H,4,8-9H2,1-3H3.